The van der Waals surface area contributed by atoms with E-state index in [0.717, 1.165) is 29.5 Å². The standard InChI is InChI=1S/C27H24N6O2/c1-18-2-3-22(32-26(34)19-4-7-30-24(13-19)27(17-29)5-6-27)14-23(18)21-12-20(15-28)25(31-16-21)33-8-10-35-11-9-33/h2-4,7,12-14,16H,5-6,8-11H2,1H3,(H,32,34). The molecule has 3 aromatic rings. The maximum atomic E-state index is 13.0. The van der Waals surface area contributed by atoms with Crippen molar-refractivity contribution in [2.24, 2.45) is 0 Å². The molecule has 2 aliphatic rings. The topological polar surface area (TPSA) is 115 Å². The Morgan fingerprint density at radius 3 is 2.63 bits per heavy atom. The molecule has 2 aromatic heterocycles. The van der Waals surface area contributed by atoms with E-state index >= 15 is 0 Å². The number of nitrogens with zero attached hydrogens (tertiary/aromatic N) is 5. The van der Waals surface area contributed by atoms with Crippen LogP contribution in [0.4, 0.5) is 11.5 Å². The lowest BCUT2D eigenvalue weighted by Gasteiger charge is -2.28. The number of ether oxygens (including phenoxy) is 1. The number of hydrogen-bond donors (Lipinski definition) is 1. The molecule has 5 rings (SSSR count). The zero-order chi connectivity index (χ0) is 24.4. The van der Waals surface area contributed by atoms with E-state index in [1.54, 1.807) is 24.5 Å². The fourth-order valence-corrected chi connectivity index (χ4v) is 4.31. The van der Waals surface area contributed by atoms with Crippen molar-refractivity contribution >= 4 is 17.4 Å². The second-order valence-electron chi connectivity index (χ2n) is 8.91. The van der Waals surface area contributed by atoms with Gasteiger partial charge in [-0.15, -0.1) is 0 Å². The van der Waals surface area contributed by atoms with Crippen LogP contribution in [0.2, 0.25) is 0 Å². The molecular weight excluding hydrogens is 440 g/mol. The van der Waals surface area contributed by atoms with Gasteiger partial charge in [0, 0.05) is 42.3 Å². The second kappa shape index (κ2) is 9.17. The number of carbonyl (C=O) groups is 1. The molecule has 8 nitrogen and oxygen atoms in total. The molecule has 35 heavy (non-hydrogen) atoms. The summed E-state index contributed by atoms with van der Waals surface area (Å²) in [5.74, 6) is 0.400. The summed E-state index contributed by atoms with van der Waals surface area (Å²) in [6.45, 7) is 4.62. The van der Waals surface area contributed by atoms with E-state index in [2.05, 4.69) is 32.3 Å². The van der Waals surface area contributed by atoms with Gasteiger partial charge in [-0.05, 0) is 61.2 Å². The minimum Gasteiger partial charge on any atom is -0.378 e. The lowest BCUT2D eigenvalue weighted by atomic mass is 9.99. The van der Waals surface area contributed by atoms with Crippen LogP contribution in [0.5, 0.6) is 0 Å². The first-order valence-electron chi connectivity index (χ1n) is 11.6. The van der Waals surface area contributed by atoms with Gasteiger partial charge in [-0.2, -0.15) is 10.5 Å². The van der Waals surface area contributed by atoms with E-state index in [1.165, 1.54) is 0 Å². The lowest BCUT2D eigenvalue weighted by molar-refractivity contribution is 0.102. The first kappa shape index (κ1) is 22.5. The maximum absolute atomic E-state index is 13.0. The van der Waals surface area contributed by atoms with Crippen LogP contribution in [-0.4, -0.2) is 42.2 Å². The number of benzene rings is 1. The van der Waals surface area contributed by atoms with Gasteiger partial charge in [0.25, 0.3) is 5.91 Å². The van der Waals surface area contributed by atoms with Gasteiger partial charge in [0.05, 0.1) is 36.0 Å². The number of aromatic nitrogens is 2. The van der Waals surface area contributed by atoms with Gasteiger partial charge < -0.3 is 15.0 Å². The molecule has 1 saturated carbocycles. The third-order valence-corrected chi connectivity index (χ3v) is 6.58. The summed E-state index contributed by atoms with van der Waals surface area (Å²) in [5.41, 5.74) is 4.39. The molecule has 0 atom stereocenters. The third-order valence-electron chi connectivity index (χ3n) is 6.58. The Hall–Kier alpha value is -4.27. The number of rotatable bonds is 5. The summed E-state index contributed by atoms with van der Waals surface area (Å²) < 4.78 is 5.41. The number of morpholine rings is 1. The molecule has 1 aliphatic heterocycles. The molecule has 174 valence electrons. The van der Waals surface area contributed by atoms with Crippen molar-refractivity contribution in [3.05, 3.63) is 71.2 Å². The van der Waals surface area contributed by atoms with Gasteiger partial charge in [-0.25, -0.2) is 4.98 Å². The number of nitriles is 2. The van der Waals surface area contributed by atoms with Crippen molar-refractivity contribution in [2.75, 3.05) is 36.5 Å². The average molecular weight is 465 g/mol. The van der Waals surface area contributed by atoms with Crippen molar-refractivity contribution < 1.29 is 9.53 Å². The molecule has 3 heterocycles. The van der Waals surface area contributed by atoms with Crippen LogP contribution in [0, 0.1) is 29.6 Å². The Bertz CT molecular complexity index is 1380. The number of aryl methyl sites for hydroxylation is 1. The van der Waals surface area contributed by atoms with Crippen molar-refractivity contribution in [1.82, 2.24) is 9.97 Å². The minimum absolute atomic E-state index is 0.268. The number of carbonyl (C=O) groups excluding carboxylic acids is 1. The highest BCUT2D eigenvalue weighted by Crippen LogP contribution is 2.46. The molecule has 1 amide bonds. The van der Waals surface area contributed by atoms with Crippen molar-refractivity contribution in [2.45, 2.75) is 25.2 Å². The van der Waals surface area contributed by atoms with Crippen LogP contribution >= 0.6 is 0 Å². The molecule has 1 saturated heterocycles. The molecule has 0 unspecified atom stereocenters. The Kier molecular flexibility index (Phi) is 5.90. The van der Waals surface area contributed by atoms with Crippen LogP contribution in [0.1, 0.15) is 40.0 Å². The fourth-order valence-electron chi connectivity index (χ4n) is 4.31. The van der Waals surface area contributed by atoms with Crippen molar-refractivity contribution in [3.63, 3.8) is 0 Å². The zero-order valence-electron chi connectivity index (χ0n) is 19.4. The summed E-state index contributed by atoms with van der Waals surface area (Å²) >= 11 is 0. The predicted molar refractivity (Wildman–Crippen MR) is 131 cm³/mol. The smallest absolute Gasteiger partial charge is 0.255 e. The molecule has 1 N–H and O–H groups in total. The van der Waals surface area contributed by atoms with Gasteiger partial charge in [0.2, 0.25) is 0 Å². The van der Waals surface area contributed by atoms with Crippen LogP contribution < -0.4 is 10.2 Å². The number of amides is 1. The van der Waals surface area contributed by atoms with Gasteiger partial charge in [0.1, 0.15) is 11.9 Å². The summed E-state index contributed by atoms with van der Waals surface area (Å²) in [5, 5.41) is 22.2. The summed E-state index contributed by atoms with van der Waals surface area (Å²) in [7, 11) is 0. The first-order valence-corrected chi connectivity index (χ1v) is 11.6. The number of hydrogen-bond acceptors (Lipinski definition) is 7. The molecule has 8 heteroatoms. The van der Waals surface area contributed by atoms with Crippen molar-refractivity contribution in [3.8, 4) is 23.3 Å². The molecular formula is C27H24N6O2. The summed E-state index contributed by atoms with van der Waals surface area (Å²) in [6, 6.07) is 15.5. The Balaban J connectivity index is 1.40. The highest BCUT2D eigenvalue weighted by molar-refractivity contribution is 6.04. The average Bonchev–Trinajstić information content (AvgIpc) is 3.71. The summed E-state index contributed by atoms with van der Waals surface area (Å²) in [4.78, 5) is 23.9. The van der Waals surface area contributed by atoms with Gasteiger partial charge in [-0.3, -0.25) is 9.78 Å². The quantitative estimate of drug-likeness (QED) is 0.607. The number of anilines is 2. The zero-order valence-corrected chi connectivity index (χ0v) is 19.4. The monoisotopic (exact) mass is 464 g/mol. The van der Waals surface area contributed by atoms with E-state index in [0.29, 0.717) is 54.6 Å². The third kappa shape index (κ3) is 4.44. The van der Waals surface area contributed by atoms with E-state index < -0.39 is 5.41 Å². The van der Waals surface area contributed by atoms with E-state index in [1.807, 2.05) is 31.2 Å². The van der Waals surface area contributed by atoms with Gasteiger partial charge in [0.15, 0.2) is 0 Å². The Morgan fingerprint density at radius 2 is 1.91 bits per heavy atom. The molecule has 0 radical (unpaired) electrons. The molecule has 0 bridgehead atoms. The van der Waals surface area contributed by atoms with E-state index in [9.17, 15) is 15.3 Å². The predicted octanol–water partition coefficient (Wildman–Crippen LogP) is 3.97. The van der Waals surface area contributed by atoms with E-state index in [4.69, 9.17) is 4.74 Å². The van der Waals surface area contributed by atoms with Gasteiger partial charge >= 0.3 is 0 Å². The van der Waals surface area contributed by atoms with Crippen molar-refractivity contribution in [1.29, 1.82) is 10.5 Å². The van der Waals surface area contributed by atoms with Crippen LogP contribution in [0.25, 0.3) is 11.1 Å². The SMILES string of the molecule is Cc1ccc(NC(=O)c2ccnc(C3(C#N)CC3)c2)cc1-c1cnc(N2CCOCC2)c(C#N)c1. The highest BCUT2D eigenvalue weighted by atomic mass is 16.5. The number of nitrogens with one attached hydrogen (secondary N) is 1. The highest BCUT2D eigenvalue weighted by Gasteiger charge is 2.46. The fraction of sp³-hybridized carbons (Fsp3) is 0.296. The Labute approximate surface area is 203 Å². The number of pyridine rings is 2. The maximum Gasteiger partial charge on any atom is 0.255 e. The Morgan fingerprint density at radius 1 is 1.11 bits per heavy atom. The summed E-state index contributed by atoms with van der Waals surface area (Å²) in [6.07, 6.45) is 4.89. The van der Waals surface area contributed by atoms with Crippen LogP contribution in [-0.2, 0) is 10.2 Å². The molecule has 0 spiro atoms. The van der Waals surface area contributed by atoms with E-state index in [-0.39, 0.29) is 5.91 Å². The van der Waals surface area contributed by atoms with Gasteiger partial charge in [-0.1, -0.05) is 6.07 Å². The molecule has 2 fully saturated rings. The molecule has 1 aliphatic carbocycles. The van der Waals surface area contributed by atoms with Crippen LogP contribution in [0.3, 0.4) is 0 Å². The minimum atomic E-state index is -0.549. The lowest BCUT2D eigenvalue weighted by Crippen LogP contribution is -2.37. The molecule has 1 aromatic carbocycles. The van der Waals surface area contributed by atoms with Crippen LogP contribution in [0.15, 0.2) is 48.8 Å². The largest absolute Gasteiger partial charge is 0.378 e. The first-order chi connectivity index (χ1) is 17.0. The second-order valence-corrected chi connectivity index (χ2v) is 8.91. The normalized spacial score (nSPS) is 16.1.